The van der Waals surface area contributed by atoms with Crippen molar-refractivity contribution in [2.24, 2.45) is 0 Å². The topological polar surface area (TPSA) is 78.9 Å². The Morgan fingerprint density at radius 1 is 0.289 bits per heavy atom. The fourth-order valence-electron chi connectivity index (χ4n) is 9.56. The van der Waals surface area contributed by atoms with Gasteiger partial charge in [0, 0.05) is 12.8 Å². The molecule has 1 unspecified atom stereocenters. The Morgan fingerprint density at radius 2 is 0.566 bits per heavy atom. The van der Waals surface area contributed by atoms with E-state index in [1.807, 2.05) is 6.08 Å². The van der Waals surface area contributed by atoms with E-state index in [0.29, 0.717) is 12.8 Å². The zero-order valence-electron chi connectivity index (χ0n) is 50.5. The fraction of sp³-hybridized carbons (Fsp3) is 0.786. The summed E-state index contributed by atoms with van der Waals surface area (Å²) >= 11 is 0. The predicted molar refractivity (Wildman–Crippen MR) is 330 cm³/mol. The highest BCUT2D eigenvalue weighted by atomic mass is 16.6. The molecule has 0 spiro atoms. The quantitative estimate of drug-likeness (QED) is 0.0261. The lowest BCUT2D eigenvalue weighted by Gasteiger charge is -2.18. The van der Waals surface area contributed by atoms with E-state index in [0.717, 1.165) is 83.5 Å². The Labute approximate surface area is 472 Å². The molecule has 0 aromatic heterocycles. The summed E-state index contributed by atoms with van der Waals surface area (Å²) in [7, 11) is 0. The molecular formula is C70H124O6. The summed E-state index contributed by atoms with van der Waals surface area (Å²) in [6, 6.07) is 0. The van der Waals surface area contributed by atoms with Crippen molar-refractivity contribution in [1.82, 2.24) is 0 Å². The van der Waals surface area contributed by atoms with Crippen LogP contribution in [0.5, 0.6) is 0 Å². The lowest BCUT2D eigenvalue weighted by atomic mass is 10.0. The van der Waals surface area contributed by atoms with Crippen molar-refractivity contribution >= 4 is 17.9 Å². The number of hydrogen-bond donors (Lipinski definition) is 0. The molecule has 0 aliphatic carbocycles. The first kappa shape index (κ1) is 72.8. The Bertz CT molecular complexity index is 1400. The van der Waals surface area contributed by atoms with Gasteiger partial charge in [0.15, 0.2) is 6.10 Å². The Morgan fingerprint density at radius 3 is 0.895 bits per heavy atom. The first-order valence-electron chi connectivity index (χ1n) is 32.9. The van der Waals surface area contributed by atoms with Gasteiger partial charge >= 0.3 is 17.9 Å². The number of rotatable bonds is 60. The monoisotopic (exact) mass is 1060 g/mol. The molecule has 0 aromatic carbocycles. The van der Waals surface area contributed by atoms with Gasteiger partial charge in [-0.05, 0) is 64.2 Å². The molecule has 0 radical (unpaired) electrons. The van der Waals surface area contributed by atoms with E-state index in [1.165, 1.54) is 212 Å². The van der Waals surface area contributed by atoms with Crippen molar-refractivity contribution in [3.8, 4) is 0 Å². The van der Waals surface area contributed by atoms with Gasteiger partial charge in [-0.15, -0.1) is 0 Å². The number of carbonyl (C=O) groups is 3. The molecule has 0 saturated carbocycles. The second kappa shape index (κ2) is 64.4. The Hall–Kier alpha value is -3.15. The van der Waals surface area contributed by atoms with Crippen LogP contribution in [0, 0.1) is 0 Å². The summed E-state index contributed by atoms with van der Waals surface area (Å²) in [6.07, 6.45) is 84.1. The van der Waals surface area contributed by atoms with Crippen molar-refractivity contribution in [3.05, 3.63) is 72.9 Å². The first-order chi connectivity index (χ1) is 37.5. The van der Waals surface area contributed by atoms with Crippen LogP contribution in [-0.4, -0.2) is 37.2 Å². The van der Waals surface area contributed by atoms with Gasteiger partial charge in [-0.1, -0.05) is 325 Å². The molecule has 6 heteroatoms. The summed E-state index contributed by atoms with van der Waals surface area (Å²) in [5.41, 5.74) is 0. The van der Waals surface area contributed by atoms with Crippen LogP contribution in [0.1, 0.15) is 335 Å². The normalized spacial score (nSPS) is 12.5. The molecule has 0 rings (SSSR count). The van der Waals surface area contributed by atoms with E-state index in [4.69, 9.17) is 14.2 Å². The van der Waals surface area contributed by atoms with Crippen molar-refractivity contribution in [1.29, 1.82) is 0 Å². The molecule has 0 heterocycles. The van der Waals surface area contributed by atoms with Gasteiger partial charge in [-0.25, -0.2) is 0 Å². The van der Waals surface area contributed by atoms with Gasteiger partial charge in [0.2, 0.25) is 0 Å². The molecular weight excluding hydrogens is 937 g/mol. The molecule has 0 aromatic rings. The molecule has 0 bridgehead atoms. The number of unbranched alkanes of at least 4 members (excludes halogenated alkanes) is 38. The number of carbonyl (C=O) groups excluding carboxylic acids is 3. The maximum Gasteiger partial charge on any atom is 0.310 e. The van der Waals surface area contributed by atoms with Crippen LogP contribution in [-0.2, 0) is 28.6 Å². The highest BCUT2D eigenvalue weighted by Crippen LogP contribution is 2.18. The maximum absolute atomic E-state index is 12.8. The second-order valence-electron chi connectivity index (χ2n) is 22.0. The molecule has 0 amide bonds. The minimum Gasteiger partial charge on any atom is -0.462 e. The lowest BCUT2D eigenvalue weighted by Crippen LogP contribution is -2.30. The summed E-state index contributed by atoms with van der Waals surface area (Å²) < 4.78 is 16.8. The Balaban J connectivity index is 4.12. The van der Waals surface area contributed by atoms with Gasteiger partial charge < -0.3 is 14.2 Å². The molecule has 0 saturated heterocycles. The highest BCUT2D eigenvalue weighted by molar-refractivity contribution is 5.72. The van der Waals surface area contributed by atoms with Crippen LogP contribution >= 0.6 is 0 Å². The maximum atomic E-state index is 12.8. The van der Waals surface area contributed by atoms with Crippen molar-refractivity contribution in [2.45, 2.75) is 341 Å². The van der Waals surface area contributed by atoms with Gasteiger partial charge in [0.1, 0.15) is 13.2 Å². The molecule has 0 aliphatic heterocycles. The fourth-order valence-corrected chi connectivity index (χ4v) is 9.56. The van der Waals surface area contributed by atoms with Crippen LogP contribution < -0.4 is 0 Å². The van der Waals surface area contributed by atoms with Crippen LogP contribution in [0.4, 0.5) is 0 Å². The summed E-state index contributed by atoms with van der Waals surface area (Å²) in [6.45, 7) is 6.43. The van der Waals surface area contributed by atoms with Crippen molar-refractivity contribution < 1.29 is 28.6 Å². The van der Waals surface area contributed by atoms with Crippen LogP contribution in [0.25, 0.3) is 0 Å². The van der Waals surface area contributed by atoms with Crippen LogP contribution in [0.15, 0.2) is 72.9 Å². The molecule has 0 N–H and O–H groups in total. The van der Waals surface area contributed by atoms with Crippen molar-refractivity contribution in [3.63, 3.8) is 0 Å². The molecule has 0 aliphatic rings. The number of ether oxygens (including phenoxy) is 3. The zero-order valence-corrected chi connectivity index (χ0v) is 50.5. The molecule has 6 nitrogen and oxygen atoms in total. The highest BCUT2D eigenvalue weighted by Gasteiger charge is 2.19. The molecule has 1 atom stereocenters. The zero-order chi connectivity index (χ0) is 55.0. The van der Waals surface area contributed by atoms with E-state index in [2.05, 4.69) is 81.5 Å². The van der Waals surface area contributed by atoms with Crippen molar-refractivity contribution in [2.75, 3.05) is 13.2 Å². The van der Waals surface area contributed by atoms with Crippen LogP contribution in [0.3, 0.4) is 0 Å². The minimum atomic E-state index is -0.832. The number of hydrogen-bond acceptors (Lipinski definition) is 6. The van der Waals surface area contributed by atoms with Gasteiger partial charge in [-0.2, -0.15) is 0 Å². The smallest absolute Gasteiger partial charge is 0.310 e. The minimum absolute atomic E-state index is 0.0974. The van der Waals surface area contributed by atoms with Crippen LogP contribution in [0.2, 0.25) is 0 Å². The molecule has 440 valence electrons. The standard InChI is InChI=1S/C70H124O6/c1-4-7-10-13-16-19-22-24-26-27-28-29-30-31-32-33-34-35-36-37-38-39-40-41-42-44-45-48-51-54-57-60-63-69(72)75-66-67(65-74-68(71)62-59-56-53-50-47-21-18-15-12-9-6-3)76-70(73)64-61-58-55-52-49-46-43-25-23-20-17-14-11-8-5-2/h8,11,15,17-18,20,25,43,49,52,58,61,67H,4-7,9-10,12-14,16,19,21-24,26-42,44-48,50-51,53-57,59-60,62-66H2,1-3H3/b11-8-,18-15-,20-17-,43-25-,52-49-,61-58-. The summed E-state index contributed by atoms with van der Waals surface area (Å²) in [5.74, 6) is -1.04. The average molecular weight is 1060 g/mol. The van der Waals surface area contributed by atoms with E-state index in [-0.39, 0.29) is 31.6 Å². The molecule has 0 fully saturated rings. The first-order valence-corrected chi connectivity index (χ1v) is 32.9. The third kappa shape index (κ3) is 61.7. The number of esters is 3. The number of allylic oxidation sites excluding steroid dienone is 11. The summed E-state index contributed by atoms with van der Waals surface area (Å²) in [4.78, 5) is 38.1. The van der Waals surface area contributed by atoms with Gasteiger partial charge in [-0.3, -0.25) is 14.4 Å². The second-order valence-corrected chi connectivity index (χ2v) is 22.0. The SMILES string of the molecule is CC/C=C\C/C=C\C/C=C\C/C=C\C/C=C\CC(=O)OC(COC(=O)CCCCCCC/C=C\CCCC)COC(=O)CCCCCCCCCCCCCCCCCCCCCCCCCCCCCCCCCC. The molecule has 76 heavy (non-hydrogen) atoms. The third-order valence-electron chi connectivity index (χ3n) is 14.5. The Kier molecular flexibility index (Phi) is 61.7. The van der Waals surface area contributed by atoms with Gasteiger partial charge in [0.05, 0.1) is 6.42 Å². The van der Waals surface area contributed by atoms with E-state index in [1.54, 1.807) is 6.08 Å². The lowest BCUT2D eigenvalue weighted by molar-refractivity contribution is -0.166. The van der Waals surface area contributed by atoms with E-state index >= 15 is 0 Å². The largest absolute Gasteiger partial charge is 0.462 e. The predicted octanol–water partition coefficient (Wildman–Crippen LogP) is 22.5. The average Bonchev–Trinajstić information content (AvgIpc) is 3.42. The third-order valence-corrected chi connectivity index (χ3v) is 14.5. The van der Waals surface area contributed by atoms with Gasteiger partial charge in [0.25, 0.3) is 0 Å². The van der Waals surface area contributed by atoms with E-state index in [9.17, 15) is 14.4 Å². The summed E-state index contributed by atoms with van der Waals surface area (Å²) in [5, 5.41) is 0. The van der Waals surface area contributed by atoms with E-state index < -0.39 is 12.1 Å².